The van der Waals surface area contributed by atoms with E-state index in [-0.39, 0.29) is 0 Å². The number of anilines is 2. The highest BCUT2D eigenvalue weighted by Crippen LogP contribution is 2.27. The molecule has 0 bridgehead atoms. The number of halogens is 2. The molecule has 88 valence electrons. The van der Waals surface area contributed by atoms with E-state index in [4.69, 9.17) is 0 Å². The van der Waals surface area contributed by atoms with Crippen LogP contribution in [0.4, 0.5) is 11.5 Å². The molecule has 0 atom stereocenters. The number of hydrogen-bond acceptors (Lipinski definition) is 3. The lowest BCUT2D eigenvalue weighted by atomic mass is 10.1. The highest BCUT2D eigenvalue weighted by atomic mass is 79.9. The van der Waals surface area contributed by atoms with Crippen LogP contribution in [0.5, 0.6) is 0 Å². The Morgan fingerprint density at radius 3 is 2.24 bits per heavy atom. The van der Waals surface area contributed by atoms with Crippen molar-refractivity contribution in [2.75, 3.05) is 5.32 Å². The first kappa shape index (κ1) is 12.5. The summed E-state index contributed by atoms with van der Waals surface area (Å²) in [6.45, 7) is 4.13. The number of aromatic nitrogens is 2. The number of rotatable bonds is 2. The minimum absolute atomic E-state index is 0.766. The van der Waals surface area contributed by atoms with Crippen molar-refractivity contribution in [2.45, 2.75) is 13.8 Å². The topological polar surface area (TPSA) is 37.8 Å². The zero-order valence-electron chi connectivity index (χ0n) is 9.46. The second-order valence-corrected chi connectivity index (χ2v) is 5.49. The zero-order chi connectivity index (χ0) is 12.4. The molecule has 2 aromatic rings. The molecule has 0 saturated carbocycles. The summed E-state index contributed by atoms with van der Waals surface area (Å²) in [5.74, 6) is 0.778. The number of hydrogen-bond donors (Lipinski definition) is 1. The molecule has 5 heteroatoms. The van der Waals surface area contributed by atoms with Crippen molar-refractivity contribution in [1.82, 2.24) is 9.97 Å². The van der Waals surface area contributed by atoms with E-state index in [1.165, 1.54) is 17.5 Å². The minimum Gasteiger partial charge on any atom is -0.340 e. The number of aryl methyl sites for hydroxylation is 2. The van der Waals surface area contributed by atoms with Crippen LogP contribution < -0.4 is 5.32 Å². The standard InChI is InChI=1S/C12H11Br2N3/c1-7-3-9(13)4-8(2)12(7)17-11-5-10(14)15-6-16-11/h3-6H,1-2H3,(H,15,16,17). The molecule has 0 saturated heterocycles. The van der Waals surface area contributed by atoms with Gasteiger partial charge >= 0.3 is 0 Å². The van der Waals surface area contributed by atoms with Crippen molar-refractivity contribution >= 4 is 43.4 Å². The Labute approximate surface area is 117 Å². The third kappa shape index (κ3) is 3.04. The summed E-state index contributed by atoms with van der Waals surface area (Å²) in [5.41, 5.74) is 3.43. The quantitative estimate of drug-likeness (QED) is 0.812. The van der Waals surface area contributed by atoms with Crippen molar-refractivity contribution in [3.8, 4) is 0 Å². The van der Waals surface area contributed by atoms with Gasteiger partial charge in [-0.15, -0.1) is 0 Å². The summed E-state index contributed by atoms with van der Waals surface area (Å²) in [6.07, 6.45) is 1.52. The van der Waals surface area contributed by atoms with E-state index in [9.17, 15) is 0 Å². The van der Waals surface area contributed by atoms with Gasteiger partial charge < -0.3 is 5.32 Å². The lowest BCUT2D eigenvalue weighted by molar-refractivity contribution is 1.14. The Morgan fingerprint density at radius 2 is 1.65 bits per heavy atom. The van der Waals surface area contributed by atoms with Gasteiger partial charge in [-0.25, -0.2) is 9.97 Å². The van der Waals surface area contributed by atoms with Gasteiger partial charge in [0.25, 0.3) is 0 Å². The summed E-state index contributed by atoms with van der Waals surface area (Å²) in [4.78, 5) is 8.17. The molecule has 17 heavy (non-hydrogen) atoms. The Balaban J connectivity index is 2.36. The molecule has 3 nitrogen and oxygen atoms in total. The van der Waals surface area contributed by atoms with Crippen LogP contribution in [-0.2, 0) is 0 Å². The van der Waals surface area contributed by atoms with E-state index < -0.39 is 0 Å². The molecule has 0 fully saturated rings. The monoisotopic (exact) mass is 355 g/mol. The van der Waals surface area contributed by atoms with Crippen LogP contribution in [0, 0.1) is 13.8 Å². The Kier molecular flexibility index (Phi) is 3.79. The Bertz CT molecular complexity index is 532. The van der Waals surface area contributed by atoms with Crippen LogP contribution in [0.1, 0.15) is 11.1 Å². The molecule has 0 radical (unpaired) electrons. The molecule has 0 amide bonds. The van der Waals surface area contributed by atoms with Gasteiger partial charge in [-0.05, 0) is 53.0 Å². The van der Waals surface area contributed by atoms with Crippen molar-refractivity contribution in [3.05, 3.63) is 44.7 Å². The maximum atomic E-state index is 4.18. The van der Waals surface area contributed by atoms with Gasteiger partial charge in [0.1, 0.15) is 16.7 Å². The maximum Gasteiger partial charge on any atom is 0.134 e. The summed E-state index contributed by atoms with van der Waals surface area (Å²) in [7, 11) is 0. The molecular weight excluding hydrogens is 346 g/mol. The van der Waals surface area contributed by atoms with E-state index in [1.54, 1.807) is 0 Å². The first-order valence-corrected chi connectivity index (χ1v) is 6.66. The highest BCUT2D eigenvalue weighted by Gasteiger charge is 2.05. The molecule has 1 heterocycles. The SMILES string of the molecule is Cc1cc(Br)cc(C)c1Nc1cc(Br)ncn1. The van der Waals surface area contributed by atoms with Crippen LogP contribution in [0.3, 0.4) is 0 Å². The van der Waals surface area contributed by atoms with Crippen LogP contribution in [-0.4, -0.2) is 9.97 Å². The van der Waals surface area contributed by atoms with E-state index >= 15 is 0 Å². The second kappa shape index (κ2) is 5.14. The second-order valence-electron chi connectivity index (χ2n) is 3.77. The average Bonchev–Trinajstić information content (AvgIpc) is 2.23. The van der Waals surface area contributed by atoms with Crippen molar-refractivity contribution in [1.29, 1.82) is 0 Å². The molecule has 0 aliphatic carbocycles. The van der Waals surface area contributed by atoms with Crippen LogP contribution in [0.2, 0.25) is 0 Å². The fourth-order valence-electron chi connectivity index (χ4n) is 1.64. The van der Waals surface area contributed by atoms with Gasteiger partial charge in [-0.2, -0.15) is 0 Å². The van der Waals surface area contributed by atoms with E-state index in [0.29, 0.717) is 0 Å². The molecule has 1 aromatic heterocycles. The van der Waals surface area contributed by atoms with Crippen molar-refractivity contribution in [3.63, 3.8) is 0 Å². The summed E-state index contributed by atoms with van der Waals surface area (Å²) >= 11 is 6.81. The van der Waals surface area contributed by atoms with Gasteiger partial charge in [0.15, 0.2) is 0 Å². The molecule has 0 aliphatic rings. The molecule has 0 spiro atoms. The third-order valence-electron chi connectivity index (χ3n) is 2.38. The van der Waals surface area contributed by atoms with E-state index in [0.717, 1.165) is 20.6 Å². The van der Waals surface area contributed by atoms with Gasteiger partial charge in [-0.1, -0.05) is 15.9 Å². The first-order valence-electron chi connectivity index (χ1n) is 5.07. The van der Waals surface area contributed by atoms with Gasteiger partial charge in [0, 0.05) is 16.2 Å². The Hall–Kier alpha value is -0.940. The number of nitrogens with one attached hydrogen (secondary N) is 1. The fraction of sp³-hybridized carbons (Fsp3) is 0.167. The smallest absolute Gasteiger partial charge is 0.134 e. The van der Waals surface area contributed by atoms with E-state index in [1.807, 2.05) is 6.07 Å². The average molecular weight is 357 g/mol. The predicted octanol–water partition coefficient (Wildman–Crippen LogP) is 4.36. The van der Waals surface area contributed by atoms with Crippen LogP contribution in [0.25, 0.3) is 0 Å². The first-order chi connectivity index (χ1) is 8.06. The zero-order valence-corrected chi connectivity index (χ0v) is 12.6. The van der Waals surface area contributed by atoms with Crippen LogP contribution in [0.15, 0.2) is 33.6 Å². The number of nitrogens with zero attached hydrogens (tertiary/aromatic N) is 2. The normalized spacial score (nSPS) is 10.4. The van der Waals surface area contributed by atoms with Crippen molar-refractivity contribution in [2.24, 2.45) is 0 Å². The fourth-order valence-corrected chi connectivity index (χ4v) is 2.63. The van der Waals surface area contributed by atoms with Crippen LogP contribution >= 0.6 is 31.9 Å². The molecule has 1 aromatic carbocycles. The highest BCUT2D eigenvalue weighted by molar-refractivity contribution is 9.10. The molecule has 2 rings (SSSR count). The molecular formula is C12H11Br2N3. The summed E-state index contributed by atoms with van der Waals surface area (Å²) in [6, 6.07) is 6.00. The molecule has 1 N–H and O–H groups in total. The third-order valence-corrected chi connectivity index (χ3v) is 3.28. The Morgan fingerprint density at radius 1 is 1.00 bits per heavy atom. The summed E-state index contributed by atoms with van der Waals surface area (Å²) < 4.78 is 1.85. The molecule has 0 aliphatic heterocycles. The van der Waals surface area contributed by atoms with Crippen molar-refractivity contribution < 1.29 is 0 Å². The lowest BCUT2D eigenvalue weighted by Crippen LogP contribution is -1.98. The van der Waals surface area contributed by atoms with Gasteiger partial charge in [0.05, 0.1) is 0 Å². The molecule has 0 unspecified atom stereocenters. The predicted molar refractivity (Wildman–Crippen MR) is 76.6 cm³/mol. The van der Waals surface area contributed by atoms with Gasteiger partial charge in [0.2, 0.25) is 0 Å². The summed E-state index contributed by atoms with van der Waals surface area (Å²) in [5, 5.41) is 3.31. The minimum atomic E-state index is 0.766. The lowest BCUT2D eigenvalue weighted by Gasteiger charge is -2.12. The van der Waals surface area contributed by atoms with Gasteiger partial charge in [-0.3, -0.25) is 0 Å². The number of benzene rings is 1. The largest absolute Gasteiger partial charge is 0.340 e. The maximum absolute atomic E-state index is 4.18. The van der Waals surface area contributed by atoms with E-state index in [2.05, 4.69) is 73.1 Å².